The number of sulfonamides is 1. The third-order valence-electron chi connectivity index (χ3n) is 5.48. The zero-order valence-corrected chi connectivity index (χ0v) is 15.5. The maximum atomic E-state index is 13.0. The number of amides is 1. The summed E-state index contributed by atoms with van der Waals surface area (Å²) in [4.78, 5) is 13.0. The Bertz CT molecular complexity index is 793. The molecule has 4 N–H and O–H groups in total. The van der Waals surface area contributed by atoms with Crippen LogP contribution in [0.2, 0.25) is 0 Å². The summed E-state index contributed by atoms with van der Waals surface area (Å²) >= 11 is 0. The zero-order valence-electron chi connectivity index (χ0n) is 14.7. The molecule has 138 valence electrons. The van der Waals surface area contributed by atoms with Crippen molar-refractivity contribution in [3.05, 3.63) is 24.3 Å². The van der Waals surface area contributed by atoms with Gasteiger partial charge in [0.05, 0.1) is 18.0 Å². The molecule has 7 nitrogen and oxygen atoms in total. The number of hydrogen-bond donors (Lipinski definition) is 3. The van der Waals surface area contributed by atoms with Crippen LogP contribution in [-0.4, -0.2) is 38.8 Å². The molecule has 0 radical (unpaired) electrons. The van der Waals surface area contributed by atoms with Crippen molar-refractivity contribution < 1.29 is 17.9 Å². The Hall–Kier alpha value is -1.64. The molecular weight excluding hydrogens is 342 g/mol. The van der Waals surface area contributed by atoms with E-state index in [1.165, 1.54) is 0 Å². The number of ether oxygens (including phenoxy) is 1. The molecule has 1 amide bonds. The van der Waals surface area contributed by atoms with Gasteiger partial charge in [0, 0.05) is 23.6 Å². The Morgan fingerprint density at radius 1 is 1.32 bits per heavy atom. The summed E-state index contributed by atoms with van der Waals surface area (Å²) in [5.41, 5.74) is 5.97. The van der Waals surface area contributed by atoms with E-state index in [2.05, 4.69) is 10.0 Å². The Balaban J connectivity index is 1.79. The van der Waals surface area contributed by atoms with Crippen LogP contribution in [0.1, 0.15) is 26.7 Å². The van der Waals surface area contributed by atoms with E-state index in [9.17, 15) is 13.2 Å². The SMILES string of the molecule is CC1(C)C2OCCCC2C1(N)C(=O)Nc1cccc(NS(C)(=O)=O)c1. The van der Waals surface area contributed by atoms with Crippen molar-refractivity contribution in [3.63, 3.8) is 0 Å². The fourth-order valence-electron chi connectivity index (χ4n) is 4.15. The first-order valence-corrected chi connectivity index (χ1v) is 10.2. The summed E-state index contributed by atoms with van der Waals surface area (Å²) in [7, 11) is -3.38. The van der Waals surface area contributed by atoms with Crippen LogP contribution in [0.25, 0.3) is 0 Å². The van der Waals surface area contributed by atoms with Crippen LogP contribution in [0.3, 0.4) is 0 Å². The van der Waals surface area contributed by atoms with Crippen LogP contribution in [0.5, 0.6) is 0 Å². The molecule has 2 aliphatic rings. The molecular formula is C17H25N3O4S. The molecule has 25 heavy (non-hydrogen) atoms. The predicted octanol–water partition coefficient (Wildman–Crippen LogP) is 1.53. The summed E-state index contributed by atoms with van der Waals surface area (Å²) in [6.07, 6.45) is 2.84. The molecule has 1 aliphatic carbocycles. The first-order chi connectivity index (χ1) is 11.6. The van der Waals surface area contributed by atoms with Gasteiger partial charge < -0.3 is 15.8 Å². The van der Waals surface area contributed by atoms with Gasteiger partial charge in [0.15, 0.2) is 0 Å². The zero-order chi connectivity index (χ0) is 18.5. The topological polar surface area (TPSA) is 111 Å². The van der Waals surface area contributed by atoms with Gasteiger partial charge in [0.25, 0.3) is 0 Å². The number of fused-ring (bicyclic) bond motifs is 1. The van der Waals surface area contributed by atoms with Crippen molar-refractivity contribution >= 4 is 27.3 Å². The van der Waals surface area contributed by atoms with Crippen molar-refractivity contribution in [1.29, 1.82) is 0 Å². The van der Waals surface area contributed by atoms with Crippen LogP contribution in [0.4, 0.5) is 11.4 Å². The molecule has 1 saturated heterocycles. The van der Waals surface area contributed by atoms with Crippen molar-refractivity contribution in [3.8, 4) is 0 Å². The van der Waals surface area contributed by atoms with Gasteiger partial charge in [-0.05, 0) is 31.0 Å². The largest absolute Gasteiger partial charge is 0.377 e. The summed E-state index contributed by atoms with van der Waals surface area (Å²) in [5, 5.41) is 2.84. The molecule has 2 fully saturated rings. The van der Waals surface area contributed by atoms with E-state index in [1.54, 1.807) is 24.3 Å². The highest BCUT2D eigenvalue weighted by molar-refractivity contribution is 7.92. The van der Waals surface area contributed by atoms with Crippen LogP contribution >= 0.6 is 0 Å². The van der Waals surface area contributed by atoms with Gasteiger partial charge in [-0.25, -0.2) is 8.42 Å². The molecule has 3 atom stereocenters. The maximum Gasteiger partial charge on any atom is 0.245 e. The minimum atomic E-state index is -3.38. The number of anilines is 2. The molecule has 1 aromatic rings. The summed E-state index contributed by atoms with van der Waals surface area (Å²) < 4.78 is 30.9. The van der Waals surface area contributed by atoms with E-state index in [4.69, 9.17) is 10.5 Å². The number of hydrogen-bond acceptors (Lipinski definition) is 5. The van der Waals surface area contributed by atoms with Crippen molar-refractivity contribution in [2.75, 3.05) is 22.9 Å². The number of carbonyl (C=O) groups is 1. The lowest BCUT2D eigenvalue weighted by Crippen LogP contribution is -2.81. The smallest absolute Gasteiger partial charge is 0.245 e. The van der Waals surface area contributed by atoms with Crippen molar-refractivity contribution in [2.24, 2.45) is 17.1 Å². The number of nitrogens with two attached hydrogens (primary N) is 1. The second kappa shape index (κ2) is 5.96. The highest BCUT2D eigenvalue weighted by atomic mass is 32.2. The average Bonchev–Trinajstić information content (AvgIpc) is 2.52. The van der Waals surface area contributed by atoms with E-state index < -0.39 is 21.0 Å². The molecule has 1 aliphatic heterocycles. The van der Waals surface area contributed by atoms with Gasteiger partial charge in [-0.1, -0.05) is 19.9 Å². The number of nitrogens with one attached hydrogen (secondary N) is 2. The summed E-state index contributed by atoms with van der Waals surface area (Å²) in [6, 6.07) is 6.57. The van der Waals surface area contributed by atoms with Gasteiger partial charge in [0.1, 0.15) is 5.54 Å². The highest BCUT2D eigenvalue weighted by Gasteiger charge is 2.70. The number of carbonyl (C=O) groups excluding carboxylic acids is 1. The Morgan fingerprint density at radius 3 is 2.68 bits per heavy atom. The molecule has 0 bridgehead atoms. The standard InChI is InChI=1S/C17H25N3O4S/c1-16(2)14-13(8-5-9-24-14)17(16,18)15(21)19-11-6-4-7-12(10-11)20-25(3,22)23/h4,6-7,10,13-14,20H,5,8-9,18H2,1-3H3,(H,19,21). The first kappa shape index (κ1) is 18.2. The molecule has 1 heterocycles. The average molecular weight is 367 g/mol. The molecule has 3 rings (SSSR count). The van der Waals surface area contributed by atoms with Gasteiger partial charge in [-0.2, -0.15) is 0 Å². The Labute approximate surface area is 148 Å². The molecule has 0 spiro atoms. The number of rotatable bonds is 4. The summed E-state index contributed by atoms with van der Waals surface area (Å²) in [5.74, 6) is -0.269. The lowest BCUT2D eigenvalue weighted by molar-refractivity contribution is -0.222. The van der Waals surface area contributed by atoms with Crippen molar-refractivity contribution in [1.82, 2.24) is 0 Å². The lowest BCUT2D eigenvalue weighted by atomic mass is 9.46. The van der Waals surface area contributed by atoms with E-state index >= 15 is 0 Å². The molecule has 1 saturated carbocycles. The number of benzene rings is 1. The minimum Gasteiger partial charge on any atom is -0.377 e. The Morgan fingerprint density at radius 2 is 2.00 bits per heavy atom. The summed E-state index contributed by atoms with van der Waals surface area (Å²) in [6.45, 7) is 4.63. The highest BCUT2D eigenvalue weighted by Crippen LogP contribution is 2.57. The van der Waals surface area contributed by atoms with Crippen LogP contribution < -0.4 is 15.8 Å². The van der Waals surface area contributed by atoms with Crippen LogP contribution in [0, 0.1) is 11.3 Å². The molecule has 8 heteroatoms. The molecule has 3 unspecified atom stereocenters. The maximum absolute atomic E-state index is 13.0. The Kier molecular flexibility index (Phi) is 4.33. The van der Waals surface area contributed by atoms with Crippen LogP contribution in [0.15, 0.2) is 24.3 Å². The second-order valence-electron chi connectivity index (χ2n) is 7.54. The van der Waals surface area contributed by atoms with E-state index in [0.717, 1.165) is 19.1 Å². The fourth-order valence-corrected chi connectivity index (χ4v) is 4.70. The predicted molar refractivity (Wildman–Crippen MR) is 96.7 cm³/mol. The first-order valence-electron chi connectivity index (χ1n) is 8.35. The van der Waals surface area contributed by atoms with Crippen LogP contribution in [-0.2, 0) is 19.6 Å². The monoisotopic (exact) mass is 367 g/mol. The molecule has 1 aromatic carbocycles. The van der Waals surface area contributed by atoms with Gasteiger partial charge in [0.2, 0.25) is 15.9 Å². The minimum absolute atomic E-state index is 0.00441. The molecule has 0 aromatic heterocycles. The van der Waals surface area contributed by atoms with Gasteiger partial charge >= 0.3 is 0 Å². The van der Waals surface area contributed by atoms with Gasteiger partial charge in [-0.15, -0.1) is 0 Å². The van der Waals surface area contributed by atoms with Gasteiger partial charge in [-0.3, -0.25) is 9.52 Å². The fraction of sp³-hybridized carbons (Fsp3) is 0.588. The lowest BCUT2D eigenvalue weighted by Gasteiger charge is -2.65. The van der Waals surface area contributed by atoms with E-state index in [0.29, 0.717) is 18.0 Å². The quantitative estimate of drug-likeness (QED) is 0.747. The third kappa shape index (κ3) is 3.02. The van der Waals surface area contributed by atoms with Crippen molar-refractivity contribution in [2.45, 2.75) is 38.3 Å². The second-order valence-corrected chi connectivity index (χ2v) is 9.29. The third-order valence-corrected chi connectivity index (χ3v) is 6.09. The normalized spacial score (nSPS) is 30.7. The van der Waals surface area contributed by atoms with E-state index in [1.807, 2.05) is 13.8 Å². The van der Waals surface area contributed by atoms with E-state index in [-0.39, 0.29) is 17.9 Å².